The highest BCUT2D eigenvalue weighted by molar-refractivity contribution is 9.08. The molecule has 0 N–H and O–H groups in total. The number of nitrogens with zero attached hydrogens (tertiary/aromatic N) is 3. The molecule has 0 atom stereocenters. The lowest BCUT2D eigenvalue weighted by Gasteiger charge is -2.16. The summed E-state index contributed by atoms with van der Waals surface area (Å²) in [5.74, 6) is 1.10. The molecule has 0 bridgehead atoms. The molecule has 0 fully saturated rings. The average Bonchev–Trinajstić information content (AvgIpc) is 2.76. The minimum absolute atomic E-state index is 0.842. The Kier molecular flexibility index (Phi) is 3.31. The summed E-state index contributed by atoms with van der Waals surface area (Å²) in [6.07, 6.45) is 3.22. The topological polar surface area (TPSA) is 20.5 Å². The van der Waals surface area contributed by atoms with Crippen LogP contribution in [0.1, 0.15) is 19.0 Å². The SMILES string of the molecule is CCCN(C)c1nc2sccn2c1CBr. The molecule has 82 valence electrons. The molecule has 0 aromatic carbocycles. The van der Waals surface area contributed by atoms with Gasteiger partial charge in [-0.05, 0) is 6.42 Å². The third-order valence-electron chi connectivity index (χ3n) is 2.39. The van der Waals surface area contributed by atoms with Crippen molar-refractivity contribution in [2.24, 2.45) is 0 Å². The Hall–Kier alpha value is -0.550. The van der Waals surface area contributed by atoms with Crippen LogP contribution in [0.5, 0.6) is 0 Å². The third-order valence-corrected chi connectivity index (χ3v) is 3.67. The van der Waals surface area contributed by atoms with Crippen molar-refractivity contribution in [3.05, 3.63) is 17.3 Å². The minimum Gasteiger partial charge on any atom is -0.358 e. The zero-order valence-corrected chi connectivity index (χ0v) is 11.3. The van der Waals surface area contributed by atoms with Crippen LogP contribution in [0, 0.1) is 0 Å². The Morgan fingerprint density at radius 3 is 3.07 bits per heavy atom. The van der Waals surface area contributed by atoms with Crippen LogP contribution in [0.3, 0.4) is 0 Å². The highest BCUT2D eigenvalue weighted by Crippen LogP contribution is 2.25. The molecule has 0 radical (unpaired) electrons. The fraction of sp³-hybridized carbons (Fsp3) is 0.500. The molecule has 0 aliphatic heterocycles. The molecule has 0 unspecified atom stereocenters. The first-order chi connectivity index (χ1) is 7.27. The van der Waals surface area contributed by atoms with Crippen LogP contribution in [0.2, 0.25) is 0 Å². The number of anilines is 1. The first-order valence-electron chi connectivity index (χ1n) is 4.99. The van der Waals surface area contributed by atoms with Gasteiger partial charge in [-0.15, -0.1) is 11.3 Å². The summed E-state index contributed by atoms with van der Waals surface area (Å²) in [5, 5.41) is 2.91. The van der Waals surface area contributed by atoms with Gasteiger partial charge in [0, 0.05) is 30.5 Å². The van der Waals surface area contributed by atoms with Crippen molar-refractivity contribution in [3.8, 4) is 0 Å². The van der Waals surface area contributed by atoms with E-state index >= 15 is 0 Å². The molecule has 0 saturated carbocycles. The summed E-state index contributed by atoms with van der Waals surface area (Å²) in [5.41, 5.74) is 1.24. The molecule has 2 aromatic heterocycles. The number of alkyl halides is 1. The zero-order valence-electron chi connectivity index (χ0n) is 8.90. The van der Waals surface area contributed by atoms with E-state index in [2.05, 4.69) is 55.8 Å². The van der Waals surface area contributed by atoms with Crippen LogP contribution in [-0.2, 0) is 5.33 Å². The van der Waals surface area contributed by atoms with Gasteiger partial charge in [-0.25, -0.2) is 4.98 Å². The largest absolute Gasteiger partial charge is 0.358 e. The number of aromatic nitrogens is 2. The van der Waals surface area contributed by atoms with Crippen LogP contribution in [0.4, 0.5) is 5.82 Å². The average molecular weight is 288 g/mol. The quantitative estimate of drug-likeness (QED) is 0.806. The maximum absolute atomic E-state index is 4.64. The number of fused-ring (bicyclic) bond motifs is 1. The first kappa shape index (κ1) is 11.0. The van der Waals surface area contributed by atoms with E-state index in [9.17, 15) is 0 Å². The number of halogens is 1. The summed E-state index contributed by atoms with van der Waals surface area (Å²) >= 11 is 5.21. The Bertz CT molecular complexity index is 448. The zero-order chi connectivity index (χ0) is 10.8. The molecule has 0 spiro atoms. The van der Waals surface area contributed by atoms with Gasteiger partial charge in [-0.1, -0.05) is 22.9 Å². The molecular weight excluding hydrogens is 274 g/mol. The Morgan fingerprint density at radius 1 is 1.60 bits per heavy atom. The van der Waals surface area contributed by atoms with Crippen LogP contribution >= 0.6 is 27.3 Å². The molecule has 0 amide bonds. The maximum Gasteiger partial charge on any atom is 0.195 e. The molecule has 0 aliphatic rings. The summed E-state index contributed by atoms with van der Waals surface area (Å²) in [4.78, 5) is 7.93. The lowest BCUT2D eigenvalue weighted by Crippen LogP contribution is -2.19. The number of thiazole rings is 1. The summed E-state index contributed by atoms with van der Waals surface area (Å²) in [6, 6.07) is 0. The van der Waals surface area contributed by atoms with E-state index in [1.54, 1.807) is 11.3 Å². The van der Waals surface area contributed by atoms with Gasteiger partial charge >= 0.3 is 0 Å². The van der Waals surface area contributed by atoms with Crippen molar-refractivity contribution in [3.63, 3.8) is 0 Å². The molecule has 3 nitrogen and oxygen atoms in total. The van der Waals surface area contributed by atoms with E-state index in [-0.39, 0.29) is 0 Å². The molecule has 5 heteroatoms. The fourth-order valence-corrected chi connectivity index (χ4v) is 2.94. The van der Waals surface area contributed by atoms with Crippen molar-refractivity contribution in [2.75, 3.05) is 18.5 Å². The molecule has 2 aromatic rings. The molecule has 2 heterocycles. The predicted octanol–water partition coefficient (Wildman–Crippen LogP) is 3.14. The van der Waals surface area contributed by atoms with Crippen LogP contribution in [-0.4, -0.2) is 23.0 Å². The number of hydrogen-bond acceptors (Lipinski definition) is 3. The second-order valence-corrected chi connectivity index (χ2v) is 4.93. The normalized spacial score (nSPS) is 11.1. The summed E-state index contributed by atoms with van der Waals surface area (Å²) < 4.78 is 2.15. The van der Waals surface area contributed by atoms with Gasteiger partial charge in [-0.2, -0.15) is 0 Å². The first-order valence-corrected chi connectivity index (χ1v) is 6.99. The van der Waals surface area contributed by atoms with Crippen molar-refractivity contribution in [1.29, 1.82) is 0 Å². The predicted molar refractivity (Wildman–Crippen MR) is 69.3 cm³/mol. The smallest absolute Gasteiger partial charge is 0.195 e. The van der Waals surface area contributed by atoms with E-state index < -0.39 is 0 Å². The van der Waals surface area contributed by atoms with Gasteiger partial charge in [-0.3, -0.25) is 4.40 Å². The monoisotopic (exact) mass is 287 g/mol. The molecule has 2 rings (SSSR count). The van der Waals surface area contributed by atoms with Crippen molar-refractivity contribution in [2.45, 2.75) is 18.7 Å². The Labute approximate surface area is 102 Å². The second kappa shape index (κ2) is 4.53. The summed E-state index contributed by atoms with van der Waals surface area (Å²) in [7, 11) is 2.10. The van der Waals surface area contributed by atoms with Crippen molar-refractivity contribution >= 4 is 38.0 Å². The number of rotatable bonds is 4. The number of hydrogen-bond donors (Lipinski definition) is 0. The van der Waals surface area contributed by atoms with Crippen molar-refractivity contribution in [1.82, 2.24) is 9.38 Å². The second-order valence-electron chi connectivity index (χ2n) is 3.49. The van der Waals surface area contributed by atoms with E-state index in [1.807, 2.05) is 0 Å². The third kappa shape index (κ3) is 1.90. The molecular formula is C10H14BrN3S. The lowest BCUT2D eigenvalue weighted by molar-refractivity contribution is 0.836. The Morgan fingerprint density at radius 2 is 2.40 bits per heavy atom. The van der Waals surface area contributed by atoms with Gasteiger partial charge in [0.05, 0.1) is 5.69 Å². The van der Waals surface area contributed by atoms with E-state index in [1.165, 1.54) is 5.69 Å². The molecule has 0 aliphatic carbocycles. The summed E-state index contributed by atoms with van der Waals surface area (Å²) in [6.45, 7) is 3.23. The minimum atomic E-state index is 0.842. The van der Waals surface area contributed by atoms with Crippen LogP contribution in [0.15, 0.2) is 11.6 Å². The van der Waals surface area contributed by atoms with Gasteiger partial charge in [0.1, 0.15) is 0 Å². The molecule has 0 saturated heterocycles. The Balaban J connectivity index is 2.45. The van der Waals surface area contributed by atoms with Crippen LogP contribution < -0.4 is 4.90 Å². The lowest BCUT2D eigenvalue weighted by atomic mass is 10.4. The van der Waals surface area contributed by atoms with Gasteiger partial charge in [0.25, 0.3) is 0 Å². The standard InChI is InChI=1S/C10H14BrN3S/c1-3-4-13(2)9-8(7-11)14-5-6-15-10(14)12-9/h5-6H,3-4,7H2,1-2H3. The number of imidazole rings is 1. The van der Waals surface area contributed by atoms with Gasteiger partial charge in [0.2, 0.25) is 0 Å². The highest BCUT2D eigenvalue weighted by atomic mass is 79.9. The van der Waals surface area contributed by atoms with E-state index in [4.69, 9.17) is 0 Å². The fourth-order valence-electron chi connectivity index (χ4n) is 1.69. The molecule has 15 heavy (non-hydrogen) atoms. The van der Waals surface area contributed by atoms with Crippen molar-refractivity contribution < 1.29 is 0 Å². The van der Waals surface area contributed by atoms with Crippen LogP contribution in [0.25, 0.3) is 4.96 Å². The van der Waals surface area contributed by atoms with Gasteiger partial charge in [0.15, 0.2) is 10.8 Å². The van der Waals surface area contributed by atoms with E-state index in [0.29, 0.717) is 0 Å². The highest BCUT2D eigenvalue weighted by Gasteiger charge is 2.14. The van der Waals surface area contributed by atoms with E-state index in [0.717, 1.165) is 29.1 Å². The maximum atomic E-state index is 4.64. The van der Waals surface area contributed by atoms with Gasteiger partial charge < -0.3 is 4.90 Å².